The molecule has 0 radical (unpaired) electrons. The second-order valence-corrected chi connectivity index (χ2v) is 7.75. The second-order valence-electron chi connectivity index (χ2n) is 5.71. The van der Waals surface area contributed by atoms with E-state index in [2.05, 4.69) is 0 Å². The number of hydrogen-bond acceptors (Lipinski definition) is 4. The van der Waals surface area contributed by atoms with Crippen molar-refractivity contribution in [2.75, 3.05) is 4.90 Å². The van der Waals surface area contributed by atoms with Gasteiger partial charge in [0.05, 0.1) is 5.25 Å². The lowest BCUT2D eigenvalue weighted by Crippen LogP contribution is -2.31. The average molecular weight is 418 g/mol. The molecule has 1 heterocycles. The molecule has 1 aliphatic rings. The fourth-order valence-electron chi connectivity index (χ4n) is 2.71. The van der Waals surface area contributed by atoms with Crippen LogP contribution >= 0.6 is 35.0 Å². The molecule has 2 N–H and O–H groups in total. The summed E-state index contributed by atoms with van der Waals surface area (Å²) in [5.74, 6) is -1.14. The summed E-state index contributed by atoms with van der Waals surface area (Å²) in [6, 6.07) is 15.6. The SMILES string of the molecule is N#C/C(C(N)=O)=C1\S[C@H](Cc2cc(Cl)ccc2Cl)C(=O)N1c1ccccc1. The molecule has 1 aliphatic heterocycles. The monoisotopic (exact) mass is 417 g/mol. The summed E-state index contributed by atoms with van der Waals surface area (Å²) in [6.07, 6.45) is 0.299. The second kappa shape index (κ2) is 8.05. The predicted octanol–water partition coefficient (Wildman–Crippen LogP) is 3.90. The van der Waals surface area contributed by atoms with Crippen LogP contribution in [0, 0.1) is 11.3 Å². The molecule has 1 fully saturated rings. The van der Waals surface area contributed by atoms with Crippen molar-refractivity contribution in [2.24, 2.45) is 5.73 Å². The Morgan fingerprint density at radius 3 is 2.56 bits per heavy atom. The molecular weight excluding hydrogens is 405 g/mol. The average Bonchev–Trinajstić information content (AvgIpc) is 2.95. The molecule has 136 valence electrons. The third-order valence-electron chi connectivity index (χ3n) is 3.95. The quantitative estimate of drug-likeness (QED) is 0.603. The van der Waals surface area contributed by atoms with E-state index in [0.717, 1.165) is 11.8 Å². The van der Waals surface area contributed by atoms with Crippen molar-refractivity contribution in [2.45, 2.75) is 11.7 Å². The number of benzene rings is 2. The molecule has 0 aliphatic carbocycles. The molecule has 0 bridgehead atoms. The molecule has 0 unspecified atom stereocenters. The van der Waals surface area contributed by atoms with E-state index >= 15 is 0 Å². The van der Waals surface area contributed by atoms with Crippen molar-refractivity contribution in [1.29, 1.82) is 5.26 Å². The van der Waals surface area contributed by atoms with Gasteiger partial charge in [0, 0.05) is 15.7 Å². The number of rotatable bonds is 4. The maximum atomic E-state index is 13.1. The highest BCUT2D eigenvalue weighted by Gasteiger charge is 2.40. The Morgan fingerprint density at radius 2 is 1.93 bits per heavy atom. The normalized spacial score (nSPS) is 18.3. The van der Waals surface area contributed by atoms with Crippen molar-refractivity contribution in [3.63, 3.8) is 0 Å². The van der Waals surface area contributed by atoms with Crippen LogP contribution < -0.4 is 10.6 Å². The van der Waals surface area contributed by atoms with E-state index in [-0.39, 0.29) is 16.5 Å². The van der Waals surface area contributed by atoms with E-state index in [0.29, 0.717) is 27.7 Å². The Kier molecular flexibility index (Phi) is 5.76. The summed E-state index contributed by atoms with van der Waals surface area (Å²) in [6.45, 7) is 0. The van der Waals surface area contributed by atoms with Crippen LogP contribution in [0.3, 0.4) is 0 Å². The summed E-state index contributed by atoms with van der Waals surface area (Å²) in [4.78, 5) is 26.2. The van der Waals surface area contributed by atoms with E-state index in [4.69, 9.17) is 28.9 Å². The third kappa shape index (κ3) is 3.96. The molecule has 1 saturated heterocycles. The van der Waals surface area contributed by atoms with Crippen LogP contribution in [0.1, 0.15) is 5.56 Å². The molecule has 5 nitrogen and oxygen atoms in total. The number of para-hydroxylation sites is 1. The van der Waals surface area contributed by atoms with Gasteiger partial charge in [-0.3, -0.25) is 14.5 Å². The summed E-state index contributed by atoms with van der Waals surface area (Å²) < 4.78 is 0. The number of nitrogens with two attached hydrogens (primary N) is 1. The van der Waals surface area contributed by atoms with Crippen molar-refractivity contribution in [3.8, 4) is 6.07 Å². The van der Waals surface area contributed by atoms with E-state index in [1.54, 1.807) is 42.5 Å². The number of carbonyl (C=O) groups excluding carboxylic acids is 2. The Morgan fingerprint density at radius 1 is 1.22 bits per heavy atom. The van der Waals surface area contributed by atoms with Crippen LogP contribution in [0.5, 0.6) is 0 Å². The van der Waals surface area contributed by atoms with Gasteiger partial charge in [0.1, 0.15) is 16.7 Å². The first-order valence-electron chi connectivity index (χ1n) is 7.86. The molecule has 2 aromatic rings. The maximum Gasteiger partial charge on any atom is 0.262 e. The van der Waals surface area contributed by atoms with E-state index in [9.17, 15) is 14.9 Å². The van der Waals surface area contributed by atoms with Crippen molar-refractivity contribution in [1.82, 2.24) is 0 Å². The van der Waals surface area contributed by atoms with Crippen LogP contribution in [0.2, 0.25) is 10.0 Å². The summed E-state index contributed by atoms with van der Waals surface area (Å²) in [7, 11) is 0. The number of primary amides is 1. The maximum absolute atomic E-state index is 13.1. The lowest BCUT2D eigenvalue weighted by molar-refractivity contribution is -0.117. The zero-order chi connectivity index (χ0) is 19.6. The van der Waals surface area contributed by atoms with E-state index < -0.39 is 11.2 Å². The minimum absolute atomic E-state index is 0.226. The first-order chi connectivity index (χ1) is 12.9. The molecule has 1 atom stereocenters. The summed E-state index contributed by atoms with van der Waals surface area (Å²) >= 11 is 13.4. The van der Waals surface area contributed by atoms with Gasteiger partial charge in [-0.2, -0.15) is 5.26 Å². The van der Waals surface area contributed by atoms with Gasteiger partial charge in [0.2, 0.25) is 5.91 Å². The van der Waals surface area contributed by atoms with Crippen molar-refractivity contribution < 1.29 is 9.59 Å². The number of halogens is 2. The number of hydrogen-bond donors (Lipinski definition) is 1. The largest absolute Gasteiger partial charge is 0.365 e. The Labute approximate surface area is 170 Å². The lowest BCUT2D eigenvalue weighted by atomic mass is 10.1. The van der Waals surface area contributed by atoms with Gasteiger partial charge in [-0.1, -0.05) is 53.2 Å². The molecule has 27 heavy (non-hydrogen) atoms. The van der Waals surface area contributed by atoms with Crippen LogP contribution in [0.4, 0.5) is 5.69 Å². The number of thioether (sulfide) groups is 1. The summed E-state index contributed by atoms with van der Waals surface area (Å²) in [5, 5.41) is 10.0. The molecule has 0 spiro atoms. The standard InChI is InChI=1S/C19H13Cl2N3O2S/c20-12-6-7-15(21)11(8-12)9-16-18(26)24(13-4-2-1-3-5-13)19(27-16)14(10-22)17(23)25/h1-8,16H,9H2,(H2,23,25)/b19-14+/t16-/m1/s1. The molecule has 2 aromatic carbocycles. The minimum atomic E-state index is -0.879. The Hall–Kier alpha value is -2.46. The zero-order valence-electron chi connectivity index (χ0n) is 13.9. The van der Waals surface area contributed by atoms with Gasteiger partial charge in [0.25, 0.3) is 5.91 Å². The van der Waals surface area contributed by atoms with Crippen LogP contribution in [0.25, 0.3) is 0 Å². The Balaban J connectivity index is 2.04. The lowest BCUT2D eigenvalue weighted by Gasteiger charge is -2.18. The molecule has 3 rings (SSSR count). The number of amides is 2. The van der Waals surface area contributed by atoms with Crippen molar-refractivity contribution >= 4 is 52.5 Å². The van der Waals surface area contributed by atoms with Gasteiger partial charge in [-0.25, -0.2) is 0 Å². The summed E-state index contributed by atoms with van der Waals surface area (Å²) in [5.41, 5.74) is 6.36. The molecular formula is C19H13Cl2N3O2S. The van der Waals surface area contributed by atoms with E-state index in [1.165, 1.54) is 4.90 Å². The van der Waals surface area contributed by atoms with Gasteiger partial charge in [-0.15, -0.1) is 0 Å². The molecule has 0 aromatic heterocycles. The first-order valence-corrected chi connectivity index (χ1v) is 9.49. The zero-order valence-corrected chi connectivity index (χ0v) is 16.2. The minimum Gasteiger partial charge on any atom is -0.365 e. The van der Waals surface area contributed by atoms with Gasteiger partial charge < -0.3 is 5.73 Å². The fraction of sp³-hybridized carbons (Fsp3) is 0.105. The van der Waals surface area contributed by atoms with Crippen LogP contribution in [0.15, 0.2) is 59.1 Å². The fourth-order valence-corrected chi connectivity index (χ4v) is 4.40. The third-order valence-corrected chi connectivity index (χ3v) is 5.82. The molecule has 0 saturated carbocycles. The smallest absolute Gasteiger partial charge is 0.262 e. The highest BCUT2D eigenvalue weighted by atomic mass is 35.5. The van der Waals surface area contributed by atoms with E-state index in [1.807, 2.05) is 12.1 Å². The topological polar surface area (TPSA) is 87.2 Å². The number of anilines is 1. The van der Waals surface area contributed by atoms with Gasteiger partial charge in [0.15, 0.2) is 0 Å². The highest BCUT2D eigenvalue weighted by molar-refractivity contribution is 8.05. The van der Waals surface area contributed by atoms with Crippen LogP contribution in [-0.2, 0) is 16.0 Å². The molecule has 2 amide bonds. The van der Waals surface area contributed by atoms with Crippen LogP contribution in [-0.4, -0.2) is 17.1 Å². The van der Waals surface area contributed by atoms with Crippen molar-refractivity contribution in [3.05, 3.63) is 74.7 Å². The number of nitriles is 1. The number of carbonyl (C=O) groups is 2. The number of nitrogens with zero attached hydrogens (tertiary/aromatic N) is 2. The molecule has 8 heteroatoms. The van der Waals surface area contributed by atoms with Gasteiger partial charge >= 0.3 is 0 Å². The predicted molar refractivity (Wildman–Crippen MR) is 107 cm³/mol. The van der Waals surface area contributed by atoms with Gasteiger partial charge in [-0.05, 0) is 42.3 Å². The highest BCUT2D eigenvalue weighted by Crippen LogP contribution is 2.42. The Bertz CT molecular complexity index is 986. The first kappa shape index (κ1) is 19.3.